The van der Waals surface area contributed by atoms with E-state index in [-0.39, 0.29) is 6.04 Å². The lowest BCUT2D eigenvalue weighted by Gasteiger charge is -2.14. The van der Waals surface area contributed by atoms with Gasteiger partial charge in [-0.3, -0.25) is 0 Å². The van der Waals surface area contributed by atoms with Gasteiger partial charge in [0.2, 0.25) is 0 Å². The lowest BCUT2D eigenvalue weighted by molar-refractivity contribution is 0.0601. The van der Waals surface area contributed by atoms with Crippen LogP contribution in [0.25, 0.3) is 0 Å². The van der Waals surface area contributed by atoms with Gasteiger partial charge in [0.15, 0.2) is 0 Å². The summed E-state index contributed by atoms with van der Waals surface area (Å²) in [6.45, 7) is 2.07. The Kier molecular flexibility index (Phi) is 4.45. The minimum atomic E-state index is -0.433. The summed E-state index contributed by atoms with van der Waals surface area (Å²) < 4.78 is 4.70. The first-order chi connectivity index (χ1) is 9.11. The molecular formula is C14H14ClNO2S. The number of nitrogens with one attached hydrogen (secondary N) is 1. The van der Waals surface area contributed by atoms with E-state index in [1.807, 2.05) is 17.5 Å². The van der Waals surface area contributed by atoms with Gasteiger partial charge in [0.05, 0.1) is 23.7 Å². The number of ether oxygens (including phenoxy) is 1. The lowest BCUT2D eigenvalue weighted by atomic mass is 10.2. The van der Waals surface area contributed by atoms with Crippen LogP contribution in [0.2, 0.25) is 5.02 Å². The molecule has 0 spiro atoms. The van der Waals surface area contributed by atoms with E-state index in [2.05, 4.69) is 18.3 Å². The molecule has 1 N–H and O–H groups in total. The summed E-state index contributed by atoms with van der Waals surface area (Å²) in [7, 11) is 1.34. The molecule has 0 saturated heterocycles. The van der Waals surface area contributed by atoms with Gasteiger partial charge in [0, 0.05) is 10.6 Å². The average Bonchev–Trinajstić information content (AvgIpc) is 2.94. The zero-order chi connectivity index (χ0) is 13.8. The largest absolute Gasteiger partial charge is 0.465 e. The summed E-state index contributed by atoms with van der Waals surface area (Å²) in [5.74, 6) is -0.433. The predicted octanol–water partition coefficient (Wildman–Crippen LogP) is 4.36. The molecule has 1 unspecified atom stereocenters. The Morgan fingerprint density at radius 3 is 2.84 bits per heavy atom. The number of hydrogen-bond donors (Lipinski definition) is 1. The Hall–Kier alpha value is -1.52. The minimum absolute atomic E-state index is 0.173. The SMILES string of the molecule is COC(=O)c1cc(NC(C)c2cccs2)ccc1Cl. The van der Waals surface area contributed by atoms with Crippen molar-refractivity contribution in [2.75, 3.05) is 12.4 Å². The molecular weight excluding hydrogens is 282 g/mol. The second kappa shape index (κ2) is 6.08. The highest BCUT2D eigenvalue weighted by atomic mass is 35.5. The Morgan fingerprint density at radius 2 is 2.21 bits per heavy atom. The van der Waals surface area contributed by atoms with Gasteiger partial charge >= 0.3 is 5.97 Å². The van der Waals surface area contributed by atoms with Crippen molar-refractivity contribution in [3.63, 3.8) is 0 Å². The molecule has 0 aliphatic carbocycles. The van der Waals surface area contributed by atoms with Crippen LogP contribution in [0.15, 0.2) is 35.7 Å². The molecule has 19 heavy (non-hydrogen) atoms. The van der Waals surface area contributed by atoms with Gasteiger partial charge in [-0.25, -0.2) is 4.79 Å². The molecule has 1 aromatic carbocycles. The van der Waals surface area contributed by atoms with Crippen LogP contribution < -0.4 is 5.32 Å². The smallest absolute Gasteiger partial charge is 0.339 e. The fourth-order valence-electron chi connectivity index (χ4n) is 1.74. The van der Waals surface area contributed by atoms with Crippen molar-refractivity contribution in [1.82, 2.24) is 0 Å². The summed E-state index contributed by atoms with van der Waals surface area (Å²) >= 11 is 7.67. The average molecular weight is 296 g/mol. The Morgan fingerprint density at radius 1 is 1.42 bits per heavy atom. The molecule has 0 aliphatic rings. The summed E-state index contributed by atoms with van der Waals surface area (Å²) in [5, 5.41) is 5.76. The number of carbonyl (C=O) groups excluding carboxylic acids is 1. The van der Waals surface area contributed by atoms with Crippen LogP contribution in [-0.4, -0.2) is 13.1 Å². The quantitative estimate of drug-likeness (QED) is 0.852. The van der Waals surface area contributed by atoms with Gasteiger partial charge in [-0.15, -0.1) is 11.3 Å². The summed E-state index contributed by atoms with van der Waals surface area (Å²) in [5.41, 5.74) is 1.21. The maximum Gasteiger partial charge on any atom is 0.339 e. The maximum absolute atomic E-state index is 11.6. The van der Waals surface area contributed by atoms with Crippen LogP contribution in [0.4, 0.5) is 5.69 Å². The normalized spacial score (nSPS) is 11.9. The zero-order valence-electron chi connectivity index (χ0n) is 10.6. The summed E-state index contributed by atoms with van der Waals surface area (Å²) in [6.07, 6.45) is 0. The molecule has 0 fully saturated rings. The second-order valence-electron chi connectivity index (χ2n) is 4.07. The first-order valence-corrected chi connectivity index (χ1v) is 7.05. The molecule has 0 amide bonds. The summed E-state index contributed by atoms with van der Waals surface area (Å²) in [4.78, 5) is 12.8. The van der Waals surface area contributed by atoms with Crippen LogP contribution in [0.5, 0.6) is 0 Å². The molecule has 0 saturated carbocycles. The molecule has 1 aromatic heterocycles. The highest BCUT2D eigenvalue weighted by Crippen LogP contribution is 2.26. The second-order valence-corrected chi connectivity index (χ2v) is 5.45. The number of benzene rings is 1. The van der Waals surface area contributed by atoms with Crippen LogP contribution in [-0.2, 0) is 4.74 Å². The molecule has 3 nitrogen and oxygen atoms in total. The van der Waals surface area contributed by atoms with Crippen LogP contribution >= 0.6 is 22.9 Å². The number of hydrogen-bond acceptors (Lipinski definition) is 4. The predicted molar refractivity (Wildman–Crippen MR) is 79.1 cm³/mol. The van der Waals surface area contributed by atoms with Gasteiger partial charge in [0.25, 0.3) is 0 Å². The van der Waals surface area contributed by atoms with Crippen LogP contribution in [0.3, 0.4) is 0 Å². The van der Waals surface area contributed by atoms with Gasteiger partial charge < -0.3 is 10.1 Å². The van der Waals surface area contributed by atoms with E-state index in [4.69, 9.17) is 16.3 Å². The van der Waals surface area contributed by atoms with Gasteiger partial charge in [-0.1, -0.05) is 17.7 Å². The molecule has 0 radical (unpaired) electrons. The van der Waals surface area contributed by atoms with Gasteiger partial charge in [0.1, 0.15) is 0 Å². The van der Waals surface area contributed by atoms with E-state index in [0.29, 0.717) is 10.6 Å². The molecule has 2 rings (SSSR count). The van der Waals surface area contributed by atoms with E-state index >= 15 is 0 Å². The first-order valence-electron chi connectivity index (χ1n) is 5.79. The topological polar surface area (TPSA) is 38.3 Å². The molecule has 5 heteroatoms. The number of carbonyl (C=O) groups is 1. The Bertz CT molecular complexity index is 569. The van der Waals surface area contributed by atoms with Crippen molar-refractivity contribution in [2.24, 2.45) is 0 Å². The molecule has 1 atom stereocenters. The van der Waals surface area contributed by atoms with Crippen molar-refractivity contribution < 1.29 is 9.53 Å². The molecule has 2 aromatic rings. The highest BCUT2D eigenvalue weighted by Gasteiger charge is 2.13. The van der Waals surface area contributed by atoms with Crippen molar-refractivity contribution in [2.45, 2.75) is 13.0 Å². The van der Waals surface area contributed by atoms with E-state index in [1.54, 1.807) is 23.5 Å². The number of thiophene rings is 1. The van der Waals surface area contributed by atoms with Gasteiger partial charge in [-0.05, 0) is 36.6 Å². The van der Waals surface area contributed by atoms with E-state index < -0.39 is 5.97 Å². The fraction of sp³-hybridized carbons (Fsp3) is 0.214. The monoisotopic (exact) mass is 295 g/mol. The third kappa shape index (κ3) is 3.28. The summed E-state index contributed by atoms with van der Waals surface area (Å²) in [6, 6.07) is 9.50. The van der Waals surface area contributed by atoms with E-state index in [0.717, 1.165) is 5.69 Å². The van der Waals surface area contributed by atoms with Crippen LogP contribution in [0, 0.1) is 0 Å². The molecule has 0 aliphatic heterocycles. The molecule has 1 heterocycles. The molecule has 100 valence electrons. The third-order valence-corrected chi connectivity index (χ3v) is 4.11. The van der Waals surface area contributed by atoms with Crippen molar-refractivity contribution in [3.05, 3.63) is 51.2 Å². The minimum Gasteiger partial charge on any atom is -0.465 e. The maximum atomic E-state index is 11.6. The Balaban J connectivity index is 2.19. The van der Waals surface area contributed by atoms with Crippen molar-refractivity contribution in [1.29, 1.82) is 0 Å². The Labute approximate surface area is 121 Å². The lowest BCUT2D eigenvalue weighted by Crippen LogP contribution is -2.07. The number of methoxy groups -OCH3 is 1. The number of esters is 1. The number of anilines is 1. The molecule has 0 bridgehead atoms. The van der Waals surface area contributed by atoms with Crippen molar-refractivity contribution >= 4 is 34.6 Å². The zero-order valence-corrected chi connectivity index (χ0v) is 12.2. The fourth-order valence-corrected chi connectivity index (χ4v) is 2.67. The standard InChI is InChI=1S/C14H14ClNO2S/c1-9(13-4-3-7-19-13)16-10-5-6-12(15)11(8-10)14(17)18-2/h3-9,16H,1-2H3. The van der Waals surface area contributed by atoms with E-state index in [1.165, 1.54) is 12.0 Å². The first kappa shape index (κ1) is 13.9. The number of halogens is 1. The van der Waals surface area contributed by atoms with Crippen LogP contribution in [0.1, 0.15) is 28.2 Å². The van der Waals surface area contributed by atoms with E-state index in [9.17, 15) is 4.79 Å². The van der Waals surface area contributed by atoms with Crippen molar-refractivity contribution in [3.8, 4) is 0 Å². The third-order valence-electron chi connectivity index (χ3n) is 2.72. The number of rotatable bonds is 4. The van der Waals surface area contributed by atoms with Gasteiger partial charge in [-0.2, -0.15) is 0 Å². The highest BCUT2D eigenvalue weighted by molar-refractivity contribution is 7.10.